The average Bonchev–Trinajstić information content (AvgIpc) is 3.47. The van der Waals surface area contributed by atoms with Gasteiger partial charge in [0.15, 0.2) is 18.1 Å². The zero-order chi connectivity index (χ0) is 22.7. The molecule has 4 rings (SSSR count). The Kier molecular flexibility index (Phi) is 6.44. The topological polar surface area (TPSA) is 130 Å². The molecule has 10 nitrogen and oxygen atoms in total. The molecule has 0 amide bonds. The number of esters is 1. The molecule has 32 heavy (non-hydrogen) atoms. The van der Waals surface area contributed by atoms with Crippen LogP contribution in [0.5, 0.6) is 11.5 Å². The molecule has 0 fully saturated rings. The third-order valence-corrected chi connectivity index (χ3v) is 6.87. The van der Waals surface area contributed by atoms with Crippen molar-refractivity contribution >= 4 is 27.3 Å². The van der Waals surface area contributed by atoms with E-state index in [1.807, 2.05) is 17.5 Å². The first-order valence-corrected chi connectivity index (χ1v) is 12.1. The molecule has 170 valence electrons. The van der Waals surface area contributed by atoms with Gasteiger partial charge in [0, 0.05) is 6.07 Å². The largest absolute Gasteiger partial charge is 0.486 e. The standard InChI is InChI=1S/C20H21N3O7S2/c1-12(2)18(20(24)29-11-17-21-19(30-22-17)16-4-3-9-31-16)23-32(25,26)13-5-6-14-15(10-13)28-8-7-27-14/h3-6,9-10,12,18,23H,7-8,11H2,1-2H3/t18-/m1/s1. The van der Waals surface area contributed by atoms with Gasteiger partial charge in [-0.2, -0.15) is 9.71 Å². The van der Waals surface area contributed by atoms with Crippen molar-refractivity contribution < 1.29 is 31.9 Å². The molecule has 0 spiro atoms. The second-order valence-corrected chi connectivity index (χ2v) is 9.91. The first-order chi connectivity index (χ1) is 15.3. The minimum Gasteiger partial charge on any atom is -0.486 e. The van der Waals surface area contributed by atoms with Crippen LogP contribution in [0, 0.1) is 5.92 Å². The highest BCUT2D eigenvalue weighted by atomic mass is 32.2. The van der Waals surface area contributed by atoms with Gasteiger partial charge >= 0.3 is 5.97 Å². The Bertz CT molecular complexity index is 1190. The fourth-order valence-electron chi connectivity index (χ4n) is 2.92. The summed E-state index contributed by atoms with van der Waals surface area (Å²) in [5, 5.41) is 5.67. The van der Waals surface area contributed by atoms with E-state index < -0.39 is 22.0 Å². The number of sulfonamides is 1. The van der Waals surface area contributed by atoms with Crippen LogP contribution in [0.1, 0.15) is 19.7 Å². The molecular weight excluding hydrogens is 458 g/mol. The molecule has 0 radical (unpaired) electrons. The number of carbonyl (C=O) groups is 1. The normalized spacial score (nSPS) is 14.3. The Labute approximate surface area is 188 Å². The van der Waals surface area contributed by atoms with E-state index in [0.717, 1.165) is 4.88 Å². The highest BCUT2D eigenvalue weighted by Gasteiger charge is 2.31. The summed E-state index contributed by atoms with van der Waals surface area (Å²) < 4.78 is 49.5. The van der Waals surface area contributed by atoms with Crippen molar-refractivity contribution in [1.82, 2.24) is 14.9 Å². The van der Waals surface area contributed by atoms with Crippen molar-refractivity contribution in [3.05, 3.63) is 41.5 Å². The zero-order valence-electron chi connectivity index (χ0n) is 17.3. The van der Waals surface area contributed by atoms with Crippen molar-refractivity contribution in [2.45, 2.75) is 31.4 Å². The summed E-state index contributed by atoms with van der Waals surface area (Å²) in [6, 6.07) is 6.85. The molecule has 0 aliphatic carbocycles. The average molecular weight is 480 g/mol. The molecule has 0 saturated carbocycles. The van der Waals surface area contributed by atoms with Gasteiger partial charge in [-0.15, -0.1) is 11.3 Å². The second-order valence-electron chi connectivity index (χ2n) is 7.25. The van der Waals surface area contributed by atoms with Crippen molar-refractivity contribution in [3.8, 4) is 22.3 Å². The van der Waals surface area contributed by atoms with Crippen LogP contribution >= 0.6 is 11.3 Å². The van der Waals surface area contributed by atoms with Crippen LogP contribution in [0.25, 0.3) is 10.8 Å². The lowest BCUT2D eigenvalue weighted by Gasteiger charge is -2.22. The van der Waals surface area contributed by atoms with Gasteiger partial charge in [-0.05, 0) is 29.5 Å². The van der Waals surface area contributed by atoms with E-state index in [9.17, 15) is 13.2 Å². The maximum Gasteiger partial charge on any atom is 0.324 e. The number of fused-ring (bicyclic) bond motifs is 1. The first kappa shape index (κ1) is 22.2. The van der Waals surface area contributed by atoms with E-state index in [2.05, 4.69) is 14.9 Å². The maximum absolute atomic E-state index is 12.9. The summed E-state index contributed by atoms with van der Waals surface area (Å²) in [4.78, 5) is 17.6. The smallest absolute Gasteiger partial charge is 0.324 e. The predicted octanol–water partition coefficient (Wildman–Crippen LogP) is 2.62. The molecule has 3 heterocycles. The van der Waals surface area contributed by atoms with E-state index in [1.165, 1.54) is 29.5 Å². The molecule has 1 aromatic carbocycles. The molecule has 0 unspecified atom stereocenters. The van der Waals surface area contributed by atoms with Gasteiger partial charge in [0.1, 0.15) is 19.3 Å². The van der Waals surface area contributed by atoms with Crippen LogP contribution in [0.3, 0.4) is 0 Å². The number of carbonyl (C=O) groups excluding carboxylic acids is 1. The van der Waals surface area contributed by atoms with Gasteiger partial charge in [0.05, 0.1) is 9.77 Å². The highest BCUT2D eigenvalue weighted by Crippen LogP contribution is 2.32. The lowest BCUT2D eigenvalue weighted by Crippen LogP contribution is -2.45. The summed E-state index contributed by atoms with van der Waals surface area (Å²) in [7, 11) is -4.03. The minimum atomic E-state index is -4.03. The third-order valence-electron chi connectivity index (χ3n) is 4.57. The van der Waals surface area contributed by atoms with E-state index in [-0.39, 0.29) is 23.2 Å². The van der Waals surface area contributed by atoms with E-state index in [4.69, 9.17) is 18.7 Å². The Morgan fingerprint density at radius 3 is 2.72 bits per heavy atom. The second kappa shape index (κ2) is 9.27. The first-order valence-electron chi connectivity index (χ1n) is 9.78. The number of nitrogens with zero attached hydrogens (tertiary/aromatic N) is 2. The molecule has 12 heteroatoms. The summed E-state index contributed by atoms with van der Waals surface area (Å²) in [5.41, 5.74) is 0. The Balaban J connectivity index is 1.43. The zero-order valence-corrected chi connectivity index (χ0v) is 18.9. The maximum atomic E-state index is 12.9. The van der Waals surface area contributed by atoms with Crippen molar-refractivity contribution in [2.24, 2.45) is 5.92 Å². The molecule has 1 N–H and O–H groups in total. The fraction of sp³-hybridized carbons (Fsp3) is 0.350. The van der Waals surface area contributed by atoms with Gasteiger partial charge < -0.3 is 18.7 Å². The lowest BCUT2D eigenvalue weighted by atomic mass is 10.1. The number of aromatic nitrogens is 2. The van der Waals surface area contributed by atoms with Crippen LogP contribution in [-0.2, 0) is 26.2 Å². The van der Waals surface area contributed by atoms with E-state index >= 15 is 0 Å². The molecular formula is C20H21N3O7S2. The summed E-state index contributed by atoms with van der Waals surface area (Å²) in [5.74, 6) is 0.188. The Morgan fingerprint density at radius 1 is 1.22 bits per heavy atom. The van der Waals surface area contributed by atoms with Crippen LogP contribution in [0.4, 0.5) is 0 Å². The number of benzene rings is 1. The number of nitrogens with one attached hydrogen (secondary N) is 1. The van der Waals surface area contributed by atoms with E-state index in [1.54, 1.807) is 13.8 Å². The number of thiophene rings is 1. The van der Waals surface area contributed by atoms with Gasteiger partial charge in [-0.25, -0.2) is 8.42 Å². The van der Waals surface area contributed by atoms with Crippen LogP contribution < -0.4 is 14.2 Å². The molecule has 2 aromatic heterocycles. The SMILES string of the molecule is CC(C)[C@@H](NS(=O)(=O)c1ccc2c(c1)OCCO2)C(=O)OCc1noc(-c2cccs2)n1. The Morgan fingerprint density at radius 2 is 2.00 bits per heavy atom. The van der Waals surface area contributed by atoms with Crippen LogP contribution in [0.2, 0.25) is 0 Å². The van der Waals surface area contributed by atoms with Crippen molar-refractivity contribution in [2.75, 3.05) is 13.2 Å². The molecule has 1 atom stereocenters. The van der Waals surface area contributed by atoms with Crippen LogP contribution in [-0.4, -0.2) is 43.8 Å². The summed E-state index contributed by atoms with van der Waals surface area (Å²) in [6.45, 7) is 3.90. The predicted molar refractivity (Wildman–Crippen MR) is 114 cm³/mol. The monoisotopic (exact) mass is 479 g/mol. The van der Waals surface area contributed by atoms with E-state index in [0.29, 0.717) is 30.6 Å². The molecule has 1 aliphatic rings. The van der Waals surface area contributed by atoms with Crippen molar-refractivity contribution in [1.29, 1.82) is 0 Å². The Hall–Kier alpha value is -2.96. The molecule has 0 bridgehead atoms. The minimum absolute atomic E-state index is 0.0426. The van der Waals surface area contributed by atoms with Gasteiger partial charge in [0.25, 0.3) is 5.89 Å². The number of ether oxygens (including phenoxy) is 3. The highest BCUT2D eigenvalue weighted by molar-refractivity contribution is 7.89. The molecule has 1 aliphatic heterocycles. The van der Waals surface area contributed by atoms with Gasteiger partial charge in [-0.1, -0.05) is 25.1 Å². The summed E-state index contributed by atoms with van der Waals surface area (Å²) in [6.07, 6.45) is 0. The van der Waals surface area contributed by atoms with Crippen LogP contribution in [0.15, 0.2) is 45.1 Å². The number of hydrogen-bond donors (Lipinski definition) is 1. The van der Waals surface area contributed by atoms with Crippen molar-refractivity contribution in [3.63, 3.8) is 0 Å². The van der Waals surface area contributed by atoms with Gasteiger partial charge in [0.2, 0.25) is 15.8 Å². The number of rotatable bonds is 8. The summed E-state index contributed by atoms with van der Waals surface area (Å²) >= 11 is 1.44. The third kappa shape index (κ3) is 4.92. The van der Waals surface area contributed by atoms with Gasteiger partial charge in [-0.3, -0.25) is 4.79 Å². The molecule has 0 saturated heterocycles. The lowest BCUT2D eigenvalue weighted by molar-refractivity contribution is -0.148. The fourth-order valence-corrected chi connectivity index (χ4v) is 4.91. The number of hydrogen-bond acceptors (Lipinski definition) is 10. The molecule has 3 aromatic rings. The quantitative estimate of drug-likeness (QED) is 0.485.